The van der Waals surface area contributed by atoms with Gasteiger partial charge in [-0.1, -0.05) is 96.7 Å². The summed E-state index contributed by atoms with van der Waals surface area (Å²) >= 11 is 1.54. The van der Waals surface area contributed by atoms with Gasteiger partial charge >= 0.3 is 0 Å². The Morgan fingerprint density at radius 3 is 2.46 bits per heavy atom. The molecule has 12 heteroatoms. The number of carbonyl (C=O) groups is 1. The number of rotatable bonds is 10. The highest BCUT2D eigenvalue weighted by atomic mass is 32.2. The maximum absolute atomic E-state index is 13.0. The standard InChI is InChI=1S/C36H33N7O4S/c1-43-36(40-41-42-43)48-22-28-18-33(25-12-10-23(21-44)11-13-25)47-35(46-28)26-16-14-24(15-17-26)29-7-3-2-6-27(29)19-38-34(45)32-20-37-30-8-4-5-9-31(30)39-32/h2-17,20,28,33,35,44H,18-19,21-22H2,1H3,(H,38,45)/t28-,33+,35+/m1/s1. The Labute approximate surface area is 281 Å². The number of hydrogen-bond acceptors (Lipinski definition) is 10. The van der Waals surface area contributed by atoms with Crippen molar-refractivity contribution in [3.05, 3.63) is 131 Å². The van der Waals surface area contributed by atoms with Crippen LogP contribution in [0.15, 0.2) is 108 Å². The summed E-state index contributed by atoms with van der Waals surface area (Å²) in [5.41, 5.74) is 7.44. The van der Waals surface area contributed by atoms with E-state index in [9.17, 15) is 9.90 Å². The molecule has 242 valence electrons. The first-order valence-corrected chi connectivity index (χ1v) is 16.6. The molecule has 0 spiro atoms. The second-order valence-electron chi connectivity index (χ2n) is 11.5. The monoisotopic (exact) mass is 659 g/mol. The van der Waals surface area contributed by atoms with Crippen molar-refractivity contribution in [3.63, 3.8) is 0 Å². The quantitative estimate of drug-likeness (QED) is 0.179. The second-order valence-corrected chi connectivity index (χ2v) is 12.4. The van der Waals surface area contributed by atoms with Crippen LogP contribution in [-0.2, 0) is 29.7 Å². The summed E-state index contributed by atoms with van der Waals surface area (Å²) in [4.78, 5) is 21.8. The Hall–Kier alpha value is -5.01. The van der Waals surface area contributed by atoms with Gasteiger partial charge in [-0.15, -0.1) is 5.10 Å². The Balaban J connectivity index is 1.07. The Kier molecular flexibility index (Phi) is 9.48. The first kappa shape index (κ1) is 31.6. The number of amides is 1. The van der Waals surface area contributed by atoms with Crippen LogP contribution < -0.4 is 5.32 Å². The number of benzene rings is 4. The predicted octanol–water partition coefficient (Wildman–Crippen LogP) is 5.58. The summed E-state index contributed by atoms with van der Waals surface area (Å²) in [6, 6.07) is 31.4. The lowest BCUT2D eigenvalue weighted by Gasteiger charge is -2.36. The number of hydrogen-bond donors (Lipinski definition) is 2. The molecule has 0 radical (unpaired) electrons. The molecule has 1 aliphatic heterocycles. The van der Waals surface area contributed by atoms with Crippen LogP contribution in [0.4, 0.5) is 0 Å². The number of carbonyl (C=O) groups excluding carboxylic acids is 1. The Bertz CT molecular complexity index is 2020. The molecule has 1 amide bonds. The third kappa shape index (κ3) is 7.11. The molecule has 3 heterocycles. The maximum atomic E-state index is 13.0. The molecule has 1 fully saturated rings. The number of tetrazole rings is 1. The predicted molar refractivity (Wildman–Crippen MR) is 181 cm³/mol. The highest BCUT2D eigenvalue weighted by Crippen LogP contribution is 2.40. The Morgan fingerprint density at radius 2 is 1.69 bits per heavy atom. The highest BCUT2D eigenvalue weighted by molar-refractivity contribution is 7.99. The molecule has 2 N–H and O–H groups in total. The van der Waals surface area contributed by atoms with E-state index >= 15 is 0 Å². The largest absolute Gasteiger partial charge is 0.392 e. The summed E-state index contributed by atoms with van der Waals surface area (Å²) in [6.45, 7) is 0.320. The van der Waals surface area contributed by atoms with Crippen LogP contribution in [-0.4, -0.2) is 53.0 Å². The minimum atomic E-state index is -0.587. The topological polar surface area (TPSA) is 137 Å². The number of ether oxygens (including phenoxy) is 2. The number of aryl methyl sites for hydroxylation is 1. The van der Waals surface area contributed by atoms with E-state index in [0.29, 0.717) is 24.2 Å². The van der Waals surface area contributed by atoms with E-state index in [2.05, 4.69) is 30.8 Å². The summed E-state index contributed by atoms with van der Waals surface area (Å²) in [6.07, 6.45) is 1.26. The molecule has 6 aromatic rings. The molecule has 0 saturated carbocycles. The van der Waals surface area contributed by atoms with Gasteiger partial charge in [0.05, 0.1) is 36.0 Å². The minimum Gasteiger partial charge on any atom is -0.392 e. The van der Waals surface area contributed by atoms with E-state index in [-0.39, 0.29) is 30.4 Å². The molecule has 0 aliphatic carbocycles. The van der Waals surface area contributed by atoms with Crippen LogP contribution in [0.3, 0.4) is 0 Å². The number of aliphatic hydroxyl groups excluding tert-OH is 1. The molecule has 1 aliphatic rings. The van der Waals surface area contributed by atoms with Crippen LogP contribution in [0, 0.1) is 0 Å². The third-order valence-corrected chi connectivity index (χ3v) is 9.37. The van der Waals surface area contributed by atoms with Crippen molar-refractivity contribution in [1.29, 1.82) is 0 Å². The van der Waals surface area contributed by atoms with Crippen molar-refractivity contribution in [3.8, 4) is 11.1 Å². The highest BCUT2D eigenvalue weighted by Gasteiger charge is 2.32. The summed E-state index contributed by atoms with van der Waals surface area (Å²) in [5.74, 6) is 0.370. The van der Waals surface area contributed by atoms with Crippen molar-refractivity contribution < 1.29 is 19.4 Å². The average molecular weight is 660 g/mol. The molecule has 1 saturated heterocycles. The number of thioether (sulfide) groups is 1. The lowest BCUT2D eigenvalue weighted by atomic mass is 9.97. The molecule has 2 aromatic heterocycles. The number of fused-ring (bicyclic) bond motifs is 1. The second kappa shape index (κ2) is 14.4. The van der Waals surface area contributed by atoms with Gasteiger partial charge < -0.3 is 19.9 Å². The molecule has 7 rings (SSSR count). The fourth-order valence-electron chi connectivity index (χ4n) is 5.64. The Morgan fingerprint density at radius 1 is 0.938 bits per heavy atom. The molecular weight excluding hydrogens is 627 g/mol. The van der Waals surface area contributed by atoms with Crippen LogP contribution >= 0.6 is 11.8 Å². The number of nitrogens with zero attached hydrogens (tertiary/aromatic N) is 6. The smallest absolute Gasteiger partial charge is 0.271 e. The van der Waals surface area contributed by atoms with E-state index < -0.39 is 6.29 Å². The van der Waals surface area contributed by atoms with E-state index in [1.165, 1.54) is 6.20 Å². The molecule has 4 aromatic carbocycles. The van der Waals surface area contributed by atoms with Gasteiger partial charge in [-0.3, -0.25) is 9.78 Å². The van der Waals surface area contributed by atoms with E-state index in [1.54, 1.807) is 16.4 Å². The van der Waals surface area contributed by atoms with Crippen LogP contribution in [0.5, 0.6) is 0 Å². The molecule has 3 atom stereocenters. The first-order valence-electron chi connectivity index (χ1n) is 15.6. The van der Waals surface area contributed by atoms with Gasteiger partial charge in [0.25, 0.3) is 5.91 Å². The normalized spacial score (nSPS) is 17.8. The number of para-hydroxylation sites is 2. The number of nitrogens with one attached hydrogen (secondary N) is 1. The third-order valence-electron chi connectivity index (χ3n) is 8.23. The summed E-state index contributed by atoms with van der Waals surface area (Å²) < 4.78 is 14.7. The van der Waals surface area contributed by atoms with E-state index in [4.69, 9.17) is 9.47 Å². The zero-order valence-corrected chi connectivity index (χ0v) is 27.0. The van der Waals surface area contributed by atoms with Gasteiger partial charge in [-0.05, 0) is 50.4 Å². The van der Waals surface area contributed by atoms with Gasteiger partial charge in [0.15, 0.2) is 6.29 Å². The zero-order valence-electron chi connectivity index (χ0n) is 26.1. The van der Waals surface area contributed by atoms with Crippen molar-refractivity contribution in [2.75, 3.05) is 5.75 Å². The molecular formula is C36H33N7O4S. The van der Waals surface area contributed by atoms with Crippen molar-refractivity contribution in [1.82, 2.24) is 35.5 Å². The lowest BCUT2D eigenvalue weighted by Crippen LogP contribution is -2.31. The van der Waals surface area contributed by atoms with Crippen LogP contribution in [0.2, 0.25) is 0 Å². The summed E-state index contributed by atoms with van der Waals surface area (Å²) in [5, 5.41) is 25.0. The fourth-order valence-corrected chi connectivity index (χ4v) is 6.51. The molecule has 0 unspecified atom stereocenters. The van der Waals surface area contributed by atoms with E-state index in [1.807, 2.05) is 104 Å². The summed E-state index contributed by atoms with van der Waals surface area (Å²) in [7, 11) is 1.81. The SMILES string of the molecule is Cn1nnnc1SC[C@H]1C[C@@H](c2ccc(CO)cc2)O[C@@H](c2ccc(-c3ccccc3CNC(=O)c3cnc4ccccc4n3)cc2)O1. The van der Waals surface area contributed by atoms with E-state index in [0.717, 1.165) is 44.1 Å². The minimum absolute atomic E-state index is 0.0104. The van der Waals surface area contributed by atoms with Crippen molar-refractivity contribution in [2.45, 2.75) is 43.2 Å². The van der Waals surface area contributed by atoms with Crippen molar-refractivity contribution in [2.24, 2.45) is 7.05 Å². The molecule has 0 bridgehead atoms. The van der Waals surface area contributed by atoms with Gasteiger partial charge in [-0.2, -0.15) is 0 Å². The van der Waals surface area contributed by atoms with Crippen LogP contribution in [0.1, 0.15) is 51.6 Å². The van der Waals surface area contributed by atoms with Gasteiger partial charge in [0.1, 0.15) is 5.69 Å². The maximum Gasteiger partial charge on any atom is 0.271 e. The molecule has 48 heavy (non-hydrogen) atoms. The zero-order chi connectivity index (χ0) is 32.9. The number of aromatic nitrogens is 6. The average Bonchev–Trinajstić information content (AvgIpc) is 3.57. The van der Waals surface area contributed by atoms with Gasteiger partial charge in [0.2, 0.25) is 5.16 Å². The fraction of sp³-hybridized carbons (Fsp3) is 0.222. The van der Waals surface area contributed by atoms with Crippen molar-refractivity contribution >= 4 is 28.7 Å². The van der Waals surface area contributed by atoms with Crippen LogP contribution in [0.25, 0.3) is 22.2 Å². The molecule has 11 nitrogen and oxygen atoms in total. The first-order chi connectivity index (χ1) is 23.5. The van der Waals surface area contributed by atoms with Gasteiger partial charge in [0, 0.05) is 31.3 Å². The lowest BCUT2D eigenvalue weighted by molar-refractivity contribution is -0.245. The van der Waals surface area contributed by atoms with Gasteiger partial charge in [-0.25, -0.2) is 9.67 Å². The number of aliphatic hydroxyl groups is 1.